The highest BCUT2D eigenvalue weighted by Crippen LogP contribution is 2.39. The Labute approximate surface area is 437 Å². The first-order chi connectivity index (χ1) is 35.9. The Balaban J connectivity index is 1.66. The Bertz CT molecular complexity index is 1460. The largest absolute Gasteiger partial charge is 0.382 e. The van der Waals surface area contributed by atoms with E-state index < -0.39 is 147 Å². The minimum absolute atomic E-state index is 0.0120. The zero-order valence-electron chi connectivity index (χ0n) is 46.7. The monoisotopic (exact) mass is 1080 g/mol. The van der Waals surface area contributed by atoms with Crippen LogP contribution < -0.4 is 0 Å². The standard InChI is InChI=1S/C48H90O26/c1-49-19-25(55-7)31(57-9)33(26(56-8)20-50-2)71-46-42(64-16)38(60-12)35(28(68-46)22-52-4)73-48-44(66-18)40(62-14)36(30(70-48)24-54-6)74-47-43(65-17)39(61-13)34(29(69-47)23-53-5)72-45-41(63-15)37(59-11)32(58-10)27(67-45)21-51-3/h25-48H,19-24H2,1-18H3. The van der Waals surface area contributed by atoms with Gasteiger partial charge in [-0.2, -0.15) is 0 Å². The minimum atomic E-state index is -1.15. The lowest BCUT2D eigenvalue weighted by Gasteiger charge is -2.52. The molecule has 0 saturated carbocycles. The summed E-state index contributed by atoms with van der Waals surface area (Å²) in [4.78, 5) is 0. The molecule has 0 bridgehead atoms. The molecular weight excluding hydrogens is 993 g/mol. The molecule has 0 N–H and O–H groups in total. The first kappa shape index (κ1) is 65.5. The van der Waals surface area contributed by atoms with Crippen molar-refractivity contribution in [3.63, 3.8) is 0 Å². The third-order valence-corrected chi connectivity index (χ3v) is 13.9. The summed E-state index contributed by atoms with van der Waals surface area (Å²) in [5.41, 5.74) is 0. The fraction of sp³-hybridized carbons (Fsp3) is 1.00. The van der Waals surface area contributed by atoms with Gasteiger partial charge in [-0.05, 0) is 0 Å². The Morgan fingerprint density at radius 1 is 0.270 bits per heavy atom. The average Bonchev–Trinajstić information content (AvgIpc) is 3.40. The van der Waals surface area contributed by atoms with Crippen molar-refractivity contribution in [2.45, 2.75) is 147 Å². The first-order valence-corrected chi connectivity index (χ1v) is 24.5. The van der Waals surface area contributed by atoms with Gasteiger partial charge in [-0.3, -0.25) is 0 Å². The number of methoxy groups -OCH3 is 18. The van der Waals surface area contributed by atoms with Crippen molar-refractivity contribution in [3.8, 4) is 0 Å². The zero-order valence-corrected chi connectivity index (χ0v) is 46.7. The molecule has 4 fully saturated rings. The van der Waals surface area contributed by atoms with Crippen molar-refractivity contribution in [1.29, 1.82) is 0 Å². The van der Waals surface area contributed by atoms with Gasteiger partial charge in [0.05, 0.1) is 39.6 Å². The smallest absolute Gasteiger partial charge is 0.187 e. The van der Waals surface area contributed by atoms with E-state index >= 15 is 0 Å². The lowest BCUT2D eigenvalue weighted by Crippen LogP contribution is -2.69. The van der Waals surface area contributed by atoms with Gasteiger partial charge < -0.3 is 123 Å². The first-order valence-electron chi connectivity index (χ1n) is 24.5. The highest BCUT2D eigenvalue weighted by Gasteiger charge is 2.58. The third-order valence-electron chi connectivity index (χ3n) is 13.9. The maximum Gasteiger partial charge on any atom is 0.187 e. The Morgan fingerprint density at radius 3 is 0.811 bits per heavy atom. The van der Waals surface area contributed by atoms with Gasteiger partial charge in [0.25, 0.3) is 0 Å². The molecule has 0 aromatic carbocycles. The van der Waals surface area contributed by atoms with Crippen LogP contribution in [-0.2, 0) is 123 Å². The number of hydrogen-bond donors (Lipinski definition) is 0. The summed E-state index contributed by atoms with van der Waals surface area (Å²) < 4.78 is 160. The number of ether oxygens (including phenoxy) is 26. The fourth-order valence-corrected chi connectivity index (χ4v) is 10.4. The summed E-state index contributed by atoms with van der Waals surface area (Å²) in [5.74, 6) is 0. The van der Waals surface area contributed by atoms with Crippen LogP contribution in [0.2, 0.25) is 0 Å². The van der Waals surface area contributed by atoms with E-state index in [4.69, 9.17) is 123 Å². The van der Waals surface area contributed by atoms with Gasteiger partial charge in [-0.15, -0.1) is 0 Å². The third kappa shape index (κ3) is 15.7. The molecule has 438 valence electrons. The highest BCUT2D eigenvalue weighted by atomic mass is 16.8. The summed E-state index contributed by atoms with van der Waals surface area (Å²) in [6.07, 6.45) is -20.2. The molecule has 0 aromatic rings. The van der Waals surface area contributed by atoms with E-state index in [0.717, 1.165) is 0 Å². The molecule has 0 spiro atoms. The molecule has 24 atom stereocenters. The van der Waals surface area contributed by atoms with E-state index in [-0.39, 0.29) is 39.6 Å². The lowest BCUT2D eigenvalue weighted by molar-refractivity contribution is -0.396. The molecule has 26 heteroatoms. The second-order valence-corrected chi connectivity index (χ2v) is 17.9. The lowest BCUT2D eigenvalue weighted by atomic mass is 9.95. The van der Waals surface area contributed by atoms with Gasteiger partial charge in [-0.1, -0.05) is 0 Å². The Kier molecular flexibility index (Phi) is 30.2. The van der Waals surface area contributed by atoms with Crippen molar-refractivity contribution in [1.82, 2.24) is 0 Å². The van der Waals surface area contributed by atoms with Gasteiger partial charge in [0.15, 0.2) is 25.2 Å². The van der Waals surface area contributed by atoms with Gasteiger partial charge in [0.1, 0.15) is 122 Å². The quantitative estimate of drug-likeness (QED) is 0.0776. The number of hydrogen-bond acceptors (Lipinski definition) is 26. The van der Waals surface area contributed by atoms with Crippen LogP contribution in [0.5, 0.6) is 0 Å². The van der Waals surface area contributed by atoms with E-state index in [2.05, 4.69) is 0 Å². The molecule has 4 heterocycles. The molecule has 4 aliphatic heterocycles. The summed E-state index contributed by atoms with van der Waals surface area (Å²) in [6.45, 7) is 0.604. The van der Waals surface area contributed by atoms with Gasteiger partial charge >= 0.3 is 0 Å². The Hall–Kier alpha value is -1.04. The predicted octanol–water partition coefficient (Wildman–Crippen LogP) is -0.515. The molecule has 24 unspecified atom stereocenters. The van der Waals surface area contributed by atoms with Crippen LogP contribution in [0.1, 0.15) is 0 Å². The van der Waals surface area contributed by atoms with Gasteiger partial charge in [0, 0.05) is 128 Å². The van der Waals surface area contributed by atoms with Crippen molar-refractivity contribution in [2.75, 3.05) is 168 Å². The molecule has 0 aliphatic carbocycles. The van der Waals surface area contributed by atoms with E-state index in [1.807, 2.05) is 0 Å². The van der Waals surface area contributed by atoms with Gasteiger partial charge in [0.2, 0.25) is 0 Å². The second-order valence-electron chi connectivity index (χ2n) is 17.9. The molecule has 0 radical (unpaired) electrons. The van der Waals surface area contributed by atoms with Crippen LogP contribution in [0.4, 0.5) is 0 Å². The van der Waals surface area contributed by atoms with E-state index in [1.54, 1.807) is 64.0 Å². The maximum atomic E-state index is 6.92. The molecule has 4 rings (SSSR count). The minimum Gasteiger partial charge on any atom is -0.382 e. The van der Waals surface area contributed by atoms with E-state index in [1.165, 1.54) is 64.0 Å². The summed E-state index contributed by atoms with van der Waals surface area (Å²) in [6, 6.07) is 0. The zero-order chi connectivity index (χ0) is 54.5. The Morgan fingerprint density at radius 2 is 0.541 bits per heavy atom. The highest BCUT2D eigenvalue weighted by molar-refractivity contribution is 5.01. The maximum absolute atomic E-state index is 6.92. The molecule has 26 nitrogen and oxygen atoms in total. The molecule has 0 aromatic heterocycles. The molecular formula is C48H90O26. The molecule has 0 amide bonds. The van der Waals surface area contributed by atoms with Gasteiger partial charge in [-0.25, -0.2) is 0 Å². The predicted molar refractivity (Wildman–Crippen MR) is 255 cm³/mol. The number of rotatable bonds is 35. The van der Waals surface area contributed by atoms with Crippen LogP contribution in [0.15, 0.2) is 0 Å². The van der Waals surface area contributed by atoms with E-state index in [0.29, 0.717) is 0 Å². The van der Waals surface area contributed by atoms with Crippen LogP contribution >= 0.6 is 0 Å². The van der Waals surface area contributed by atoms with Crippen molar-refractivity contribution in [2.24, 2.45) is 0 Å². The average molecular weight is 1080 g/mol. The van der Waals surface area contributed by atoms with Crippen molar-refractivity contribution in [3.05, 3.63) is 0 Å². The summed E-state index contributed by atoms with van der Waals surface area (Å²) >= 11 is 0. The fourth-order valence-electron chi connectivity index (χ4n) is 10.4. The summed E-state index contributed by atoms with van der Waals surface area (Å²) in [7, 11) is 27.7. The normalized spacial score (nSPS) is 38.7. The van der Waals surface area contributed by atoms with Crippen molar-refractivity contribution >= 4 is 0 Å². The summed E-state index contributed by atoms with van der Waals surface area (Å²) in [5, 5.41) is 0. The van der Waals surface area contributed by atoms with Crippen LogP contribution in [0.3, 0.4) is 0 Å². The molecule has 74 heavy (non-hydrogen) atoms. The SMILES string of the molecule is COCC(OC)C(OC)C(OC1OC(COC)C(OC2OC(COC)C(OC3OC(COC)C(OC4OC(COC)C(OC)C(OC)C4OC)C(OC)C3OC)C(OC)C2OC)C(OC)C1OC)C(COC)OC. The van der Waals surface area contributed by atoms with E-state index in [9.17, 15) is 0 Å². The van der Waals surface area contributed by atoms with Crippen molar-refractivity contribution < 1.29 is 123 Å². The van der Waals surface area contributed by atoms with Crippen LogP contribution in [-0.4, -0.2) is 315 Å². The molecule has 4 aliphatic rings. The van der Waals surface area contributed by atoms with Crippen LogP contribution in [0, 0.1) is 0 Å². The molecule has 4 saturated heterocycles. The van der Waals surface area contributed by atoms with Crippen LogP contribution in [0.25, 0.3) is 0 Å². The topological polar surface area (TPSA) is 240 Å². The second kappa shape index (κ2) is 34.2.